The maximum Gasteiger partial charge on any atom is 0.224 e. The maximum atomic E-state index is 11.8. The summed E-state index contributed by atoms with van der Waals surface area (Å²) >= 11 is 4.23. The third-order valence-electron chi connectivity index (χ3n) is 3.38. The van der Waals surface area contributed by atoms with E-state index in [0.29, 0.717) is 6.42 Å². The molecule has 1 aliphatic rings. The number of amides is 1. The van der Waals surface area contributed by atoms with Gasteiger partial charge in [0.25, 0.3) is 0 Å². The lowest BCUT2D eigenvalue weighted by Crippen LogP contribution is -2.38. The molecule has 0 spiro atoms. The average molecular weight is 294 g/mol. The standard InChI is InChI=1S/C15H22N2O2S/c18-15(12-13-2-4-14(20)5-3-13)16-6-1-7-17-8-10-19-11-9-17/h2-5,20H,1,6-12H2,(H,16,18). The van der Waals surface area contributed by atoms with Gasteiger partial charge in [-0.3, -0.25) is 9.69 Å². The van der Waals surface area contributed by atoms with Gasteiger partial charge < -0.3 is 10.1 Å². The third kappa shape index (κ3) is 5.53. The van der Waals surface area contributed by atoms with Gasteiger partial charge in [-0.2, -0.15) is 0 Å². The molecule has 20 heavy (non-hydrogen) atoms. The number of morpholine rings is 1. The summed E-state index contributed by atoms with van der Waals surface area (Å²) in [6.07, 6.45) is 1.42. The topological polar surface area (TPSA) is 41.6 Å². The molecule has 0 aliphatic carbocycles. The molecule has 110 valence electrons. The molecule has 1 saturated heterocycles. The number of hydrogen-bond acceptors (Lipinski definition) is 4. The number of nitrogens with zero attached hydrogens (tertiary/aromatic N) is 1. The van der Waals surface area contributed by atoms with Crippen LogP contribution in [0.5, 0.6) is 0 Å². The molecular formula is C15H22N2O2S. The van der Waals surface area contributed by atoms with E-state index >= 15 is 0 Å². The number of ether oxygens (including phenoxy) is 1. The Bertz CT molecular complexity index is 416. The first kappa shape index (κ1) is 15.4. The molecule has 2 rings (SSSR count). The number of benzene rings is 1. The molecule has 4 nitrogen and oxygen atoms in total. The summed E-state index contributed by atoms with van der Waals surface area (Å²) in [6, 6.07) is 7.69. The molecule has 5 heteroatoms. The van der Waals surface area contributed by atoms with Crippen molar-refractivity contribution < 1.29 is 9.53 Å². The highest BCUT2D eigenvalue weighted by molar-refractivity contribution is 7.80. The third-order valence-corrected chi connectivity index (χ3v) is 3.68. The van der Waals surface area contributed by atoms with Gasteiger partial charge in [0.05, 0.1) is 19.6 Å². The van der Waals surface area contributed by atoms with E-state index in [9.17, 15) is 4.79 Å². The molecule has 1 aromatic carbocycles. The number of carbonyl (C=O) groups excluding carboxylic acids is 1. The molecule has 0 atom stereocenters. The molecule has 0 bridgehead atoms. The van der Waals surface area contributed by atoms with Crippen LogP contribution in [-0.4, -0.2) is 50.2 Å². The zero-order chi connectivity index (χ0) is 14.2. The molecule has 0 radical (unpaired) electrons. The van der Waals surface area contributed by atoms with Crippen LogP contribution in [0.25, 0.3) is 0 Å². The van der Waals surface area contributed by atoms with Gasteiger partial charge in [0, 0.05) is 24.5 Å². The molecule has 1 amide bonds. The number of rotatable bonds is 6. The second kappa shape index (κ2) is 8.29. The molecule has 1 aliphatic heterocycles. The Morgan fingerprint density at radius 1 is 1.25 bits per heavy atom. The fourth-order valence-corrected chi connectivity index (χ4v) is 2.37. The largest absolute Gasteiger partial charge is 0.379 e. The normalized spacial score (nSPS) is 16.1. The average Bonchev–Trinajstić information content (AvgIpc) is 2.47. The summed E-state index contributed by atoms with van der Waals surface area (Å²) < 4.78 is 5.30. The van der Waals surface area contributed by atoms with E-state index in [1.165, 1.54) is 0 Å². The van der Waals surface area contributed by atoms with Crippen molar-refractivity contribution in [1.82, 2.24) is 10.2 Å². The first-order valence-electron chi connectivity index (χ1n) is 7.09. The Morgan fingerprint density at radius 3 is 2.65 bits per heavy atom. The van der Waals surface area contributed by atoms with E-state index in [1.54, 1.807) is 0 Å². The molecule has 0 unspecified atom stereocenters. The number of nitrogens with one attached hydrogen (secondary N) is 1. The molecule has 1 aromatic rings. The zero-order valence-corrected chi connectivity index (χ0v) is 12.6. The zero-order valence-electron chi connectivity index (χ0n) is 11.7. The van der Waals surface area contributed by atoms with Crippen molar-refractivity contribution in [2.45, 2.75) is 17.7 Å². The Kier molecular flexibility index (Phi) is 6.36. The first-order chi connectivity index (χ1) is 9.74. The minimum atomic E-state index is 0.0823. The van der Waals surface area contributed by atoms with Crippen LogP contribution < -0.4 is 5.32 Å². The van der Waals surface area contributed by atoms with Gasteiger partial charge in [0.2, 0.25) is 5.91 Å². The van der Waals surface area contributed by atoms with Gasteiger partial charge in [-0.25, -0.2) is 0 Å². The van der Waals surface area contributed by atoms with Gasteiger partial charge in [0.15, 0.2) is 0 Å². The molecular weight excluding hydrogens is 272 g/mol. The lowest BCUT2D eigenvalue weighted by Gasteiger charge is -2.26. The van der Waals surface area contributed by atoms with Crippen molar-refractivity contribution in [2.75, 3.05) is 39.4 Å². The Labute approximate surface area is 125 Å². The summed E-state index contributed by atoms with van der Waals surface area (Å²) in [5, 5.41) is 2.97. The predicted octanol–water partition coefficient (Wildman–Crippen LogP) is 1.36. The Balaban J connectivity index is 1.59. The van der Waals surface area contributed by atoms with E-state index in [2.05, 4.69) is 22.8 Å². The second-order valence-corrected chi connectivity index (χ2v) is 5.52. The molecule has 1 N–H and O–H groups in total. The molecule has 0 aromatic heterocycles. The number of hydrogen-bond donors (Lipinski definition) is 2. The maximum absolute atomic E-state index is 11.8. The van der Waals surface area contributed by atoms with Gasteiger partial charge in [-0.1, -0.05) is 12.1 Å². The molecule has 1 fully saturated rings. The predicted molar refractivity (Wildman–Crippen MR) is 82.3 cm³/mol. The SMILES string of the molecule is O=C(Cc1ccc(S)cc1)NCCCN1CCOCC1. The van der Waals surface area contributed by atoms with Crippen LogP contribution in [0.1, 0.15) is 12.0 Å². The highest BCUT2D eigenvalue weighted by Gasteiger charge is 2.09. The van der Waals surface area contributed by atoms with Gasteiger partial charge in [-0.05, 0) is 30.7 Å². The van der Waals surface area contributed by atoms with Crippen molar-refractivity contribution in [2.24, 2.45) is 0 Å². The number of thiol groups is 1. The first-order valence-corrected chi connectivity index (χ1v) is 7.53. The van der Waals surface area contributed by atoms with E-state index in [-0.39, 0.29) is 5.91 Å². The quantitative estimate of drug-likeness (QED) is 0.615. The summed E-state index contributed by atoms with van der Waals surface area (Å²) in [4.78, 5) is 15.1. The van der Waals surface area contributed by atoms with E-state index < -0.39 is 0 Å². The molecule has 1 heterocycles. The summed E-state index contributed by atoms with van der Waals surface area (Å²) in [6.45, 7) is 5.42. The van der Waals surface area contributed by atoms with Crippen LogP contribution in [0.3, 0.4) is 0 Å². The van der Waals surface area contributed by atoms with E-state index in [4.69, 9.17) is 4.74 Å². The van der Waals surface area contributed by atoms with Crippen LogP contribution in [0.15, 0.2) is 29.2 Å². The number of carbonyl (C=O) groups is 1. The van der Waals surface area contributed by atoms with Crippen LogP contribution in [0.2, 0.25) is 0 Å². The van der Waals surface area contributed by atoms with Gasteiger partial charge >= 0.3 is 0 Å². The van der Waals surface area contributed by atoms with Crippen molar-refractivity contribution in [3.63, 3.8) is 0 Å². The highest BCUT2D eigenvalue weighted by atomic mass is 32.1. The van der Waals surface area contributed by atoms with Crippen LogP contribution in [0, 0.1) is 0 Å². The monoisotopic (exact) mass is 294 g/mol. The second-order valence-electron chi connectivity index (χ2n) is 5.00. The van der Waals surface area contributed by atoms with Crippen molar-refractivity contribution in [3.05, 3.63) is 29.8 Å². The Hall–Kier alpha value is -1.04. The Morgan fingerprint density at radius 2 is 1.95 bits per heavy atom. The molecule has 0 saturated carbocycles. The smallest absolute Gasteiger partial charge is 0.224 e. The minimum absolute atomic E-state index is 0.0823. The lowest BCUT2D eigenvalue weighted by molar-refractivity contribution is -0.120. The fourth-order valence-electron chi connectivity index (χ4n) is 2.22. The van der Waals surface area contributed by atoms with Gasteiger partial charge in [-0.15, -0.1) is 12.6 Å². The highest BCUT2D eigenvalue weighted by Crippen LogP contribution is 2.08. The summed E-state index contributed by atoms with van der Waals surface area (Å²) in [7, 11) is 0. The minimum Gasteiger partial charge on any atom is -0.379 e. The van der Waals surface area contributed by atoms with Crippen molar-refractivity contribution in [3.8, 4) is 0 Å². The van der Waals surface area contributed by atoms with Crippen LogP contribution >= 0.6 is 12.6 Å². The van der Waals surface area contributed by atoms with Crippen molar-refractivity contribution in [1.29, 1.82) is 0 Å². The lowest BCUT2D eigenvalue weighted by atomic mass is 10.1. The van der Waals surface area contributed by atoms with E-state index in [0.717, 1.165) is 56.3 Å². The fraction of sp³-hybridized carbons (Fsp3) is 0.533. The van der Waals surface area contributed by atoms with Gasteiger partial charge in [0.1, 0.15) is 0 Å². The van der Waals surface area contributed by atoms with E-state index in [1.807, 2.05) is 24.3 Å². The summed E-state index contributed by atoms with van der Waals surface area (Å²) in [5.74, 6) is 0.0823. The van der Waals surface area contributed by atoms with Crippen LogP contribution in [0.4, 0.5) is 0 Å². The summed E-state index contributed by atoms with van der Waals surface area (Å²) in [5.41, 5.74) is 1.02. The van der Waals surface area contributed by atoms with Crippen LogP contribution in [-0.2, 0) is 16.0 Å². The van der Waals surface area contributed by atoms with Crippen molar-refractivity contribution >= 4 is 18.5 Å².